The molecular formula is C18H23IN4O4S. The molecule has 3 rings (SSSR count). The van der Waals surface area contributed by atoms with E-state index in [2.05, 4.69) is 15.6 Å². The van der Waals surface area contributed by atoms with Gasteiger partial charge in [-0.1, -0.05) is 12.1 Å². The van der Waals surface area contributed by atoms with Gasteiger partial charge < -0.3 is 20.1 Å². The molecule has 0 saturated carbocycles. The highest BCUT2D eigenvalue weighted by molar-refractivity contribution is 14.0. The molecule has 0 aromatic heterocycles. The van der Waals surface area contributed by atoms with Crippen LogP contribution in [0, 0.1) is 0 Å². The smallest absolute Gasteiger partial charge is 0.238 e. The number of nitrogens with zero attached hydrogens (tertiary/aromatic N) is 1. The zero-order valence-corrected chi connectivity index (χ0v) is 18.5. The zero-order chi connectivity index (χ0) is 19.3. The van der Waals surface area contributed by atoms with E-state index < -0.39 is 10.0 Å². The molecular weight excluding hydrogens is 495 g/mol. The topological polar surface area (TPSA) is 115 Å². The highest BCUT2D eigenvalue weighted by Crippen LogP contribution is 2.32. The van der Waals surface area contributed by atoms with E-state index in [1.807, 2.05) is 24.3 Å². The Morgan fingerprint density at radius 3 is 2.61 bits per heavy atom. The first-order chi connectivity index (χ1) is 13.0. The van der Waals surface area contributed by atoms with Crippen molar-refractivity contribution >= 4 is 45.6 Å². The summed E-state index contributed by atoms with van der Waals surface area (Å²) >= 11 is 0. The van der Waals surface area contributed by atoms with E-state index in [1.165, 1.54) is 12.1 Å². The fourth-order valence-electron chi connectivity index (χ4n) is 2.58. The van der Waals surface area contributed by atoms with Crippen molar-refractivity contribution in [3.63, 3.8) is 0 Å². The third-order valence-corrected chi connectivity index (χ3v) is 4.83. The Labute approximate surface area is 181 Å². The van der Waals surface area contributed by atoms with Gasteiger partial charge in [0.25, 0.3) is 0 Å². The Bertz CT molecular complexity index is 950. The summed E-state index contributed by atoms with van der Waals surface area (Å²) in [5.74, 6) is 1.94. The molecule has 1 heterocycles. The number of fused-ring (bicyclic) bond motifs is 1. The molecule has 0 unspecified atom stereocenters. The van der Waals surface area contributed by atoms with Gasteiger partial charge in [-0.05, 0) is 29.8 Å². The van der Waals surface area contributed by atoms with Crippen LogP contribution >= 0.6 is 24.0 Å². The maximum atomic E-state index is 11.5. The van der Waals surface area contributed by atoms with E-state index >= 15 is 0 Å². The Balaban J connectivity index is 0.00000280. The second-order valence-corrected chi connectivity index (χ2v) is 7.52. The van der Waals surface area contributed by atoms with Gasteiger partial charge in [0.15, 0.2) is 17.5 Å². The first-order valence-corrected chi connectivity index (χ1v) is 9.99. The molecule has 0 saturated heterocycles. The molecule has 0 radical (unpaired) electrons. The predicted octanol–water partition coefficient (Wildman–Crippen LogP) is 2.30. The number of nitrogens with one attached hydrogen (secondary N) is 2. The molecule has 2 aromatic carbocycles. The number of primary sulfonamides is 1. The molecule has 10 heteroatoms. The van der Waals surface area contributed by atoms with Crippen LogP contribution in [0.5, 0.6) is 11.5 Å². The minimum atomic E-state index is -3.73. The van der Waals surface area contributed by atoms with Crippen LogP contribution in [0.4, 0.5) is 5.69 Å². The Hall–Kier alpha value is -2.05. The van der Waals surface area contributed by atoms with Crippen molar-refractivity contribution < 1.29 is 17.9 Å². The molecule has 4 N–H and O–H groups in total. The molecule has 152 valence electrons. The van der Waals surface area contributed by atoms with Crippen molar-refractivity contribution in [2.24, 2.45) is 10.1 Å². The van der Waals surface area contributed by atoms with Gasteiger partial charge in [-0.15, -0.1) is 24.0 Å². The third kappa shape index (κ3) is 5.97. The second-order valence-electron chi connectivity index (χ2n) is 5.96. The van der Waals surface area contributed by atoms with Crippen LogP contribution in [-0.2, 0) is 16.6 Å². The van der Waals surface area contributed by atoms with Crippen molar-refractivity contribution in [1.29, 1.82) is 0 Å². The average Bonchev–Trinajstić information content (AvgIpc) is 2.89. The molecule has 0 spiro atoms. The van der Waals surface area contributed by atoms with Crippen LogP contribution in [0.1, 0.15) is 12.0 Å². The Morgan fingerprint density at radius 2 is 1.89 bits per heavy atom. The van der Waals surface area contributed by atoms with E-state index in [0.717, 1.165) is 23.4 Å². The van der Waals surface area contributed by atoms with Gasteiger partial charge in [0.1, 0.15) is 0 Å². The first-order valence-electron chi connectivity index (χ1n) is 8.45. The van der Waals surface area contributed by atoms with Crippen LogP contribution in [0.25, 0.3) is 0 Å². The van der Waals surface area contributed by atoms with Crippen LogP contribution in [0.3, 0.4) is 0 Å². The van der Waals surface area contributed by atoms with Crippen molar-refractivity contribution in [3.05, 3.63) is 48.0 Å². The summed E-state index contributed by atoms with van der Waals surface area (Å²) in [6, 6.07) is 12.0. The summed E-state index contributed by atoms with van der Waals surface area (Å²) in [6.07, 6.45) is 0.845. The lowest BCUT2D eigenvalue weighted by atomic mass is 10.2. The SMILES string of the molecule is CN=C(NCc1cccc(S(N)(=O)=O)c1)Nc1ccc2c(c1)OCCCO2.I. The number of hydrogen-bond acceptors (Lipinski definition) is 5. The third-order valence-electron chi connectivity index (χ3n) is 3.92. The van der Waals surface area contributed by atoms with Gasteiger partial charge in [-0.25, -0.2) is 13.6 Å². The molecule has 2 aromatic rings. The molecule has 0 amide bonds. The fraction of sp³-hybridized carbons (Fsp3) is 0.278. The molecule has 0 aliphatic carbocycles. The van der Waals surface area contributed by atoms with Crippen LogP contribution < -0.4 is 25.2 Å². The number of anilines is 1. The number of rotatable bonds is 4. The number of benzene rings is 2. The lowest BCUT2D eigenvalue weighted by molar-refractivity contribution is 0.297. The Morgan fingerprint density at radius 1 is 1.14 bits per heavy atom. The molecule has 1 aliphatic heterocycles. The Kier molecular flexibility index (Phi) is 7.89. The van der Waals surface area contributed by atoms with Crippen molar-refractivity contribution in [2.45, 2.75) is 17.9 Å². The van der Waals surface area contributed by atoms with Crippen molar-refractivity contribution in [3.8, 4) is 11.5 Å². The normalized spacial score (nSPS) is 13.9. The zero-order valence-electron chi connectivity index (χ0n) is 15.3. The summed E-state index contributed by atoms with van der Waals surface area (Å²) in [5.41, 5.74) is 1.56. The summed E-state index contributed by atoms with van der Waals surface area (Å²) in [4.78, 5) is 4.26. The summed E-state index contributed by atoms with van der Waals surface area (Å²) in [7, 11) is -2.08. The van der Waals surface area contributed by atoms with Crippen LogP contribution in [0.2, 0.25) is 0 Å². The lowest BCUT2D eigenvalue weighted by Gasteiger charge is -2.14. The lowest BCUT2D eigenvalue weighted by Crippen LogP contribution is -2.30. The van der Waals surface area contributed by atoms with Gasteiger partial charge in [0.2, 0.25) is 10.0 Å². The number of ether oxygens (including phenoxy) is 2. The minimum Gasteiger partial charge on any atom is -0.490 e. The highest BCUT2D eigenvalue weighted by atomic mass is 127. The monoisotopic (exact) mass is 518 g/mol. The standard InChI is InChI=1S/C18H22N4O4S.HI/c1-20-18(21-12-13-4-2-5-15(10-13)27(19,23)24)22-14-6-7-16-17(11-14)26-9-3-8-25-16;/h2,4-7,10-11H,3,8-9,12H2,1H3,(H2,19,23,24)(H2,20,21,22);1H. The fourth-order valence-corrected chi connectivity index (χ4v) is 3.16. The van der Waals surface area contributed by atoms with Crippen molar-refractivity contribution in [2.75, 3.05) is 25.6 Å². The number of guanidine groups is 1. The molecule has 0 atom stereocenters. The van der Waals surface area contributed by atoms with Gasteiger partial charge in [0.05, 0.1) is 18.1 Å². The van der Waals surface area contributed by atoms with E-state index in [1.54, 1.807) is 13.1 Å². The second kappa shape index (κ2) is 9.94. The predicted molar refractivity (Wildman–Crippen MR) is 119 cm³/mol. The van der Waals surface area contributed by atoms with Gasteiger partial charge in [-0.3, -0.25) is 4.99 Å². The average molecular weight is 518 g/mol. The molecule has 8 nitrogen and oxygen atoms in total. The largest absolute Gasteiger partial charge is 0.490 e. The quantitative estimate of drug-likeness (QED) is 0.325. The number of halogens is 1. The molecule has 1 aliphatic rings. The maximum absolute atomic E-state index is 11.5. The number of nitrogens with two attached hydrogens (primary N) is 1. The number of hydrogen-bond donors (Lipinski definition) is 3. The van der Waals surface area contributed by atoms with E-state index in [9.17, 15) is 8.42 Å². The minimum absolute atomic E-state index is 0. The first kappa shape index (κ1) is 22.2. The maximum Gasteiger partial charge on any atom is 0.238 e. The summed E-state index contributed by atoms with van der Waals surface area (Å²) < 4.78 is 34.2. The molecule has 0 fully saturated rings. The summed E-state index contributed by atoms with van der Waals surface area (Å²) in [6.45, 7) is 1.64. The van der Waals surface area contributed by atoms with Gasteiger partial charge in [0, 0.05) is 31.8 Å². The van der Waals surface area contributed by atoms with E-state index in [0.29, 0.717) is 31.5 Å². The number of aliphatic imine (C=N–C) groups is 1. The highest BCUT2D eigenvalue weighted by Gasteiger charge is 2.12. The van der Waals surface area contributed by atoms with Crippen LogP contribution in [0.15, 0.2) is 52.4 Å². The summed E-state index contributed by atoms with van der Waals surface area (Å²) in [5, 5.41) is 11.5. The van der Waals surface area contributed by atoms with E-state index in [4.69, 9.17) is 14.6 Å². The van der Waals surface area contributed by atoms with Crippen LogP contribution in [-0.4, -0.2) is 34.6 Å². The van der Waals surface area contributed by atoms with E-state index in [-0.39, 0.29) is 28.9 Å². The van der Waals surface area contributed by atoms with Crippen molar-refractivity contribution in [1.82, 2.24) is 5.32 Å². The molecule has 28 heavy (non-hydrogen) atoms. The number of sulfonamides is 1. The van der Waals surface area contributed by atoms with Gasteiger partial charge >= 0.3 is 0 Å². The molecule has 0 bridgehead atoms. The van der Waals surface area contributed by atoms with Gasteiger partial charge in [-0.2, -0.15) is 0 Å².